The summed E-state index contributed by atoms with van der Waals surface area (Å²) in [6.07, 6.45) is 4.51. The summed E-state index contributed by atoms with van der Waals surface area (Å²) < 4.78 is 0. The molecule has 2 heterocycles. The second kappa shape index (κ2) is 2.91. The molecular formula is C8H12N2S. The molecule has 3 heteroatoms. The Balaban J connectivity index is 2.15. The van der Waals surface area contributed by atoms with Crippen LogP contribution in [-0.2, 0) is 0 Å². The predicted octanol–water partition coefficient (Wildman–Crippen LogP) is 1.88. The molecule has 1 aliphatic heterocycles. The van der Waals surface area contributed by atoms with E-state index in [-0.39, 0.29) is 0 Å². The van der Waals surface area contributed by atoms with E-state index in [2.05, 4.69) is 17.2 Å². The van der Waals surface area contributed by atoms with Crippen molar-refractivity contribution in [2.75, 3.05) is 6.54 Å². The van der Waals surface area contributed by atoms with Gasteiger partial charge < -0.3 is 5.32 Å². The minimum Gasteiger partial charge on any atom is -0.308 e. The molecule has 1 unspecified atom stereocenters. The van der Waals surface area contributed by atoms with Gasteiger partial charge >= 0.3 is 0 Å². The molecule has 60 valence electrons. The molecule has 1 N–H and O–H groups in total. The van der Waals surface area contributed by atoms with Gasteiger partial charge in [-0.2, -0.15) is 0 Å². The Bertz CT molecular complexity index is 238. The first-order valence-electron chi connectivity index (χ1n) is 4.02. The standard InChI is InChI=1S/C8H12N2S/c1-6-5-10-8(11-6)7-3-2-4-9-7/h5,7,9H,2-4H2,1H3. The quantitative estimate of drug-likeness (QED) is 0.692. The van der Waals surface area contributed by atoms with Crippen LogP contribution in [0.15, 0.2) is 6.20 Å². The molecule has 0 saturated carbocycles. The lowest BCUT2D eigenvalue weighted by Gasteiger charge is -2.03. The third-order valence-electron chi connectivity index (χ3n) is 2.00. The first-order chi connectivity index (χ1) is 5.36. The molecule has 11 heavy (non-hydrogen) atoms. The maximum atomic E-state index is 4.35. The Kier molecular flexibility index (Phi) is 1.92. The van der Waals surface area contributed by atoms with Gasteiger partial charge in [0.1, 0.15) is 5.01 Å². The molecule has 0 aromatic carbocycles. The zero-order valence-electron chi connectivity index (χ0n) is 6.63. The maximum Gasteiger partial charge on any atom is 0.110 e. The van der Waals surface area contributed by atoms with Crippen molar-refractivity contribution >= 4 is 11.3 Å². The summed E-state index contributed by atoms with van der Waals surface area (Å²) in [5.41, 5.74) is 0. The Hall–Kier alpha value is -0.410. The lowest BCUT2D eigenvalue weighted by molar-refractivity contribution is 0.643. The molecule has 0 bridgehead atoms. The van der Waals surface area contributed by atoms with Crippen molar-refractivity contribution in [1.29, 1.82) is 0 Å². The topological polar surface area (TPSA) is 24.9 Å². The average Bonchev–Trinajstić information content (AvgIpc) is 2.55. The second-order valence-corrected chi connectivity index (χ2v) is 4.22. The molecule has 0 amide bonds. The zero-order chi connectivity index (χ0) is 7.68. The van der Waals surface area contributed by atoms with Gasteiger partial charge in [0.2, 0.25) is 0 Å². The van der Waals surface area contributed by atoms with Crippen LogP contribution in [0.4, 0.5) is 0 Å². The molecule has 2 nitrogen and oxygen atoms in total. The minimum atomic E-state index is 0.550. The number of aryl methyl sites for hydroxylation is 1. The van der Waals surface area contributed by atoms with E-state index in [0.717, 1.165) is 6.54 Å². The normalized spacial score (nSPS) is 24.3. The van der Waals surface area contributed by atoms with Crippen LogP contribution in [0.2, 0.25) is 0 Å². The van der Waals surface area contributed by atoms with E-state index in [0.29, 0.717) is 6.04 Å². The van der Waals surface area contributed by atoms with Gasteiger partial charge in [-0.25, -0.2) is 4.98 Å². The van der Waals surface area contributed by atoms with E-state index in [1.165, 1.54) is 22.7 Å². The van der Waals surface area contributed by atoms with Crippen LogP contribution in [0.5, 0.6) is 0 Å². The van der Waals surface area contributed by atoms with E-state index < -0.39 is 0 Å². The van der Waals surface area contributed by atoms with Gasteiger partial charge in [0, 0.05) is 11.1 Å². The lowest BCUT2D eigenvalue weighted by atomic mass is 10.2. The van der Waals surface area contributed by atoms with Crippen molar-refractivity contribution < 1.29 is 0 Å². The van der Waals surface area contributed by atoms with Crippen molar-refractivity contribution in [3.63, 3.8) is 0 Å². The fourth-order valence-corrected chi connectivity index (χ4v) is 2.31. The Morgan fingerprint density at radius 2 is 2.64 bits per heavy atom. The molecule has 1 fully saturated rings. The van der Waals surface area contributed by atoms with Crippen LogP contribution >= 0.6 is 11.3 Å². The highest BCUT2D eigenvalue weighted by Gasteiger charge is 2.18. The molecule has 0 aliphatic carbocycles. The van der Waals surface area contributed by atoms with Crippen LogP contribution in [-0.4, -0.2) is 11.5 Å². The summed E-state index contributed by atoms with van der Waals surface area (Å²) >= 11 is 1.81. The molecule has 0 radical (unpaired) electrons. The van der Waals surface area contributed by atoms with Gasteiger partial charge in [0.25, 0.3) is 0 Å². The van der Waals surface area contributed by atoms with Crippen molar-refractivity contribution in [3.8, 4) is 0 Å². The van der Waals surface area contributed by atoms with Crippen LogP contribution in [0.3, 0.4) is 0 Å². The van der Waals surface area contributed by atoms with Crippen molar-refractivity contribution in [3.05, 3.63) is 16.1 Å². The Labute approximate surface area is 70.7 Å². The van der Waals surface area contributed by atoms with Crippen molar-refractivity contribution in [1.82, 2.24) is 10.3 Å². The van der Waals surface area contributed by atoms with Crippen LogP contribution in [0.1, 0.15) is 28.8 Å². The van der Waals surface area contributed by atoms with E-state index >= 15 is 0 Å². The van der Waals surface area contributed by atoms with Crippen LogP contribution in [0.25, 0.3) is 0 Å². The fraction of sp³-hybridized carbons (Fsp3) is 0.625. The largest absolute Gasteiger partial charge is 0.308 e. The third kappa shape index (κ3) is 1.44. The summed E-state index contributed by atoms with van der Waals surface area (Å²) in [7, 11) is 0. The first kappa shape index (κ1) is 7.25. The summed E-state index contributed by atoms with van der Waals surface area (Å²) in [5, 5.41) is 4.70. The molecule has 1 aliphatic rings. The van der Waals surface area contributed by atoms with Crippen molar-refractivity contribution in [2.45, 2.75) is 25.8 Å². The third-order valence-corrected chi connectivity index (χ3v) is 3.02. The summed E-state index contributed by atoms with van der Waals surface area (Å²) in [5.74, 6) is 0. The van der Waals surface area contributed by atoms with Gasteiger partial charge in [-0.15, -0.1) is 11.3 Å². The SMILES string of the molecule is Cc1cnc(C2CCCN2)s1. The van der Waals surface area contributed by atoms with Crippen molar-refractivity contribution in [2.24, 2.45) is 0 Å². The first-order valence-corrected chi connectivity index (χ1v) is 4.83. The second-order valence-electron chi connectivity index (χ2n) is 2.96. The highest BCUT2D eigenvalue weighted by atomic mass is 32.1. The molecule has 1 atom stereocenters. The fourth-order valence-electron chi connectivity index (χ4n) is 1.43. The van der Waals surface area contributed by atoms with Gasteiger partial charge in [0.05, 0.1) is 6.04 Å². The average molecular weight is 168 g/mol. The molecule has 1 saturated heterocycles. The lowest BCUT2D eigenvalue weighted by Crippen LogP contribution is -2.12. The molecule has 2 rings (SSSR count). The molecule has 1 aromatic rings. The number of rotatable bonds is 1. The highest BCUT2D eigenvalue weighted by molar-refractivity contribution is 7.11. The van der Waals surface area contributed by atoms with Crippen LogP contribution in [0, 0.1) is 6.92 Å². The summed E-state index contributed by atoms with van der Waals surface area (Å²) in [4.78, 5) is 5.67. The van der Waals surface area contributed by atoms with E-state index in [1.54, 1.807) is 0 Å². The van der Waals surface area contributed by atoms with Gasteiger partial charge in [-0.05, 0) is 26.3 Å². The van der Waals surface area contributed by atoms with Crippen LogP contribution < -0.4 is 5.32 Å². The zero-order valence-corrected chi connectivity index (χ0v) is 7.45. The van der Waals surface area contributed by atoms with E-state index in [9.17, 15) is 0 Å². The number of hydrogen-bond donors (Lipinski definition) is 1. The van der Waals surface area contributed by atoms with Gasteiger partial charge in [-0.1, -0.05) is 0 Å². The number of hydrogen-bond acceptors (Lipinski definition) is 3. The smallest absolute Gasteiger partial charge is 0.110 e. The van der Waals surface area contributed by atoms with E-state index in [4.69, 9.17) is 0 Å². The number of nitrogens with one attached hydrogen (secondary N) is 1. The number of thiazole rings is 1. The summed E-state index contributed by atoms with van der Waals surface area (Å²) in [6.45, 7) is 3.26. The predicted molar refractivity (Wildman–Crippen MR) is 46.8 cm³/mol. The van der Waals surface area contributed by atoms with E-state index in [1.807, 2.05) is 17.5 Å². The number of nitrogens with zero attached hydrogens (tertiary/aromatic N) is 1. The number of aromatic nitrogens is 1. The highest BCUT2D eigenvalue weighted by Crippen LogP contribution is 2.26. The Morgan fingerprint density at radius 1 is 1.73 bits per heavy atom. The molecule has 1 aromatic heterocycles. The summed E-state index contributed by atoms with van der Waals surface area (Å²) in [6, 6.07) is 0.550. The van der Waals surface area contributed by atoms with Gasteiger partial charge in [-0.3, -0.25) is 0 Å². The molecule has 0 spiro atoms. The monoisotopic (exact) mass is 168 g/mol. The van der Waals surface area contributed by atoms with Gasteiger partial charge in [0.15, 0.2) is 0 Å². The molecular weight excluding hydrogens is 156 g/mol. The minimum absolute atomic E-state index is 0.550. The Morgan fingerprint density at radius 3 is 3.18 bits per heavy atom. The maximum absolute atomic E-state index is 4.35.